The molecule has 1 fully saturated rings. The van der Waals surface area contributed by atoms with Crippen molar-refractivity contribution in [2.75, 3.05) is 0 Å². The summed E-state index contributed by atoms with van der Waals surface area (Å²) in [6.07, 6.45) is 0.189. The number of hydrogen-bond acceptors (Lipinski definition) is 4. The van der Waals surface area contributed by atoms with Crippen molar-refractivity contribution in [2.24, 2.45) is 0 Å². The quantitative estimate of drug-likeness (QED) is 0.534. The first-order chi connectivity index (χ1) is 15.9. The molecule has 33 heavy (non-hydrogen) atoms. The first-order valence-electron chi connectivity index (χ1n) is 10.9. The van der Waals surface area contributed by atoms with E-state index in [0.29, 0.717) is 13.1 Å². The molecule has 1 saturated heterocycles. The van der Waals surface area contributed by atoms with Crippen molar-refractivity contribution < 1.29 is 18.0 Å². The van der Waals surface area contributed by atoms with Crippen molar-refractivity contribution in [1.82, 2.24) is 9.21 Å². The lowest BCUT2D eigenvalue weighted by molar-refractivity contribution is -0.138. The lowest BCUT2D eigenvalue weighted by atomic mass is 10.1. The summed E-state index contributed by atoms with van der Waals surface area (Å²) in [5.41, 5.74) is 2.77. The molecular weight excluding hydrogens is 436 g/mol. The van der Waals surface area contributed by atoms with Gasteiger partial charge in [0.2, 0.25) is 11.8 Å². The number of aryl methyl sites for hydroxylation is 1. The summed E-state index contributed by atoms with van der Waals surface area (Å²) in [6.45, 7) is 2.49. The first-order valence-corrected chi connectivity index (χ1v) is 12.3. The van der Waals surface area contributed by atoms with Gasteiger partial charge in [-0.2, -0.15) is 0 Å². The van der Waals surface area contributed by atoms with Crippen LogP contribution >= 0.6 is 0 Å². The van der Waals surface area contributed by atoms with Crippen LogP contribution in [0.15, 0.2) is 89.8 Å². The predicted molar refractivity (Wildman–Crippen MR) is 125 cm³/mol. The Morgan fingerprint density at radius 3 is 1.91 bits per heavy atom. The fourth-order valence-corrected chi connectivity index (χ4v) is 5.64. The molecule has 4 rings (SSSR count). The van der Waals surface area contributed by atoms with Crippen LogP contribution in [-0.2, 0) is 32.7 Å². The smallest absolute Gasteiger partial charge is 0.267 e. The van der Waals surface area contributed by atoms with Gasteiger partial charge in [-0.25, -0.2) is 12.7 Å². The number of nitrogens with zero attached hydrogens (tertiary/aromatic N) is 2. The number of carbonyl (C=O) groups is 2. The average molecular weight is 463 g/mol. The highest BCUT2D eigenvalue weighted by Crippen LogP contribution is 2.29. The monoisotopic (exact) mass is 462 g/mol. The molecule has 0 spiro atoms. The molecule has 1 aliphatic heterocycles. The molecule has 0 unspecified atom stereocenters. The Hall–Kier alpha value is -3.45. The summed E-state index contributed by atoms with van der Waals surface area (Å²) in [7, 11) is -4.14. The van der Waals surface area contributed by atoms with Gasteiger partial charge in [-0.15, -0.1) is 0 Å². The van der Waals surface area contributed by atoms with Crippen LogP contribution in [0, 0.1) is 6.92 Å². The van der Waals surface area contributed by atoms with Gasteiger partial charge in [-0.3, -0.25) is 9.59 Å². The van der Waals surface area contributed by atoms with Gasteiger partial charge < -0.3 is 4.90 Å². The van der Waals surface area contributed by atoms with Crippen LogP contribution in [0.4, 0.5) is 0 Å². The van der Waals surface area contributed by atoms with Gasteiger partial charge in [0.25, 0.3) is 10.0 Å². The van der Waals surface area contributed by atoms with Gasteiger partial charge in [0.15, 0.2) is 0 Å². The highest BCUT2D eigenvalue weighted by atomic mass is 32.2. The van der Waals surface area contributed by atoms with E-state index in [4.69, 9.17) is 0 Å². The fraction of sp³-hybridized carbons (Fsp3) is 0.231. The van der Waals surface area contributed by atoms with Crippen LogP contribution in [0.3, 0.4) is 0 Å². The van der Waals surface area contributed by atoms with Crippen molar-refractivity contribution in [1.29, 1.82) is 0 Å². The van der Waals surface area contributed by atoms with Crippen LogP contribution in [0.25, 0.3) is 0 Å². The third-order valence-corrected chi connectivity index (χ3v) is 7.61. The number of amides is 2. The molecule has 0 N–H and O–H groups in total. The molecule has 3 aromatic carbocycles. The molecule has 0 aliphatic carbocycles. The third kappa shape index (κ3) is 4.98. The van der Waals surface area contributed by atoms with Gasteiger partial charge in [0.05, 0.1) is 4.90 Å². The zero-order chi connectivity index (χ0) is 23.4. The molecule has 0 radical (unpaired) electrons. The van der Waals surface area contributed by atoms with E-state index in [-0.39, 0.29) is 23.6 Å². The highest BCUT2D eigenvalue weighted by Gasteiger charge is 2.45. The Bertz CT molecular complexity index is 1180. The average Bonchev–Trinajstić information content (AvgIpc) is 3.22. The maximum Gasteiger partial charge on any atom is 0.267 e. The van der Waals surface area contributed by atoms with Gasteiger partial charge >= 0.3 is 0 Å². The lowest BCUT2D eigenvalue weighted by Crippen LogP contribution is -2.48. The number of benzene rings is 3. The highest BCUT2D eigenvalue weighted by molar-refractivity contribution is 7.89. The molecule has 0 bridgehead atoms. The molecule has 1 heterocycles. The molecule has 3 aromatic rings. The molecule has 7 heteroatoms. The third-order valence-electron chi connectivity index (χ3n) is 5.77. The van der Waals surface area contributed by atoms with Crippen LogP contribution in [0.1, 0.15) is 29.5 Å². The van der Waals surface area contributed by atoms with Crippen LogP contribution in [0.5, 0.6) is 0 Å². The summed E-state index contributed by atoms with van der Waals surface area (Å²) in [4.78, 5) is 28.0. The van der Waals surface area contributed by atoms with Crippen molar-refractivity contribution in [3.8, 4) is 0 Å². The van der Waals surface area contributed by atoms with Gasteiger partial charge in [-0.05, 0) is 36.6 Å². The Labute approximate surface area is 194 Å². The SMILES string of the molecule is Cc1ccc(S(=O)(=O)N2C(=O)CC[C@@H]2C(=O)N(Cc2ccccc2)Cc2ccccc2)cc1. The van der Waals surface area contributed by atoms with Crippen molar-refractivity contribution in [3.63, 3.8) is 0 Å². The van der Waals surface area contributed by atoms with Crippen molar-refractivity contribution in [2.45, 2.75) is 43.8 Å². The summed E-state index contributed by atoms with van der Waals surface area (Å²) in [6, 6.07) is 24.3. The number of carbonyl (C=O) groups excluding carboxylic acids is 2. The van der Waals surface area contributed by atoms with E-state index in [1.165, 1.54) is 12.1 Å². The second-order valence-electron chi connectivity index (χ2n) is 8.23. The van der Waals surface area contributed by atoms with Crippen molar-refractivity contribution in [3.05, 3.63) is 102 Å². The van der Waals surface area contributed by atoms with E-state index in [2.05, 4.69) is 0 Å². The van der Waals surface area contributed by atoms with E-state index >= 15 is 0 Å². The van der Waals surface area contributed by atoms with Crippen LogP contribution < -0.4 is 0 Å². The van der Waals surface area contributed by atoms with Gasteiger partial charge in [0.1, 0.15) is 6.04 Å². The largest absolute Gasteiger partial charge is 0.332 e. The summed E-state index contributed by atoms with van der Waals surface area (Å²) < 4.78 is 27.5. The molecule has 170 valence electrons. The Morgan fingerprint density at radius 2 is 1.39 bits per heavy atom. The lowest BCUT2D eigenvalue weighted by Gasteiger charge is -2.30. The van der Waals surface area contributed by atoms with E-state index in [1.54, 1.807) is 17.0 Å². The number of sulfonamides is 1. The fourth-order valence-electron chi connectivity index (χ4n) is 4.04. The number of hydrogen-bond donors (Lipinski definition) is 0. The second kappa shape index (κ2) is 9.58. The van der Waals surface area contributed by atoms with Crippen LogP contribution in [-0.4, -0.2) is 35.5 Å². The molecule has 1 aliphatic rings. The molecule has 1 atom stereocenters. The van der Waals surface area contributed by atoms with Crippen molar-refractivity contribution >= 4 is 21.8 Å². The standard InChI is InChI=1S/C26H26N2O4S/c1-20-12-14-23(15-13-20)33(31,32)28-24(16-17-25(28)29)26(30)27(18-21-8-4-2-5-9-21)19-22-10-6-3-7-11-22/h2-15,24H,16-19H2,1H3/t24-/m1/s1. The van der Waals surface area contributed by atoms with E-state index < -0.39 is 22.0 Å². The summed E-state index contributed by atoms with van der Waals surface area (Å²) >= 11 is 0. The molecular formula is C26H26N2O4S. The van der Waals surface area contributed by atoms with E-state index in [0.717, 1.165) is 21.0 Å². The Kier molecular flexibility index (Phi) is 6.60. The summed E-state index contributed by atoms with van der Waals surface area (Å²) in [5.74, 6) is -0.919. The topological polar surface area (TPSA) is 74.8 Å². The minimum absolute atomic E-state index is 0.0128. The Morgan fingerprint density at radius 1 is 0.879 bits per heavy atom. The van der Waals surface area contributed by atoms with E-state index in [9.17, 15) is 18.0 Å². The molecule has 0 aromatic heterocycles. The minimum Gasteiger partial charge on any atom is -0.332 e. The van der Waals surface area contributed by atoms with Gasteiger partial charge in [-0.1, -0.05) is 78.4 Å². The summed E-state index contributed by atoms with van der Waals surface area (Å²) in [5, 5.41) is 0. The predicted octanol–water partition coefficient (Wildman–Crippen LogP) is 3.90. The van der Waals surface area contributed by atoms with Crippen LogP contribution in [0.2, 0.25) is 0 Å². The first kappa shape index (κ1) is 22.7. The zero-order valence-electron chi connectivity index (χ0n) is 18.4. The molecule has 0 saturated carbocycles. The zero-order valence-corrected chi connectivity index (χ0v) is 19.2. The van der Waals surface area contributed by atoms with E-state index in [1.807, 2.05) is 67.6 Å². The molecule has 2 amide bonds. The minimum atomic E-state index is -4.14. The van der Waals surface area contributed by atoms with Gasteiger partial charge in [0, 0.05) is 19.5 Å². The Balaban J connectivity index is 1.66. The maximum atomic E-state index is 13.7. The second-order valence-corrected chi connectivity index (χ2v) is 10.0. The number of rotatable bonds is 7. The maximum absolute atomic E-state index is 13.7. The normalized spacial score (nSPS) is 16.1. The molecule has 6 nitrogen and oxygen atoms in total.